The van der Waals surface area contributed by atoms with Gasteiger partial charge in [-0.2, -0.15) is 0 Å². The van der Waals surface area contributed by atoms with Crippen molar-refractivity contribution in [2.75, 3.05) is 13.2 Å². The van der Waals surface area contributed by atoms with Crippen LogP contribution in [0.3, 0.4) is 0 Å². The molecule has 1 rings (SSSR count). The molecule has 9 atom stereocenters. The molecule has 0 bridgehead atoms. The Balaban J connectivity index is 2.53. The van der Waals surface area contributed by atoms with E-state index in [4.69, 9.17) is 9.47 Å². The zero-order valence-electron chi connectivity index (χ0n) is 35.6. The molecule has 0 saturated carbocycles. The highest BCUT2D eigenvalue weighted by atomic mass is 16.7. The van der Waals surface area contributed by atoms with Gasteiger partial charge in [-0.3, -0.25) is 4.79 Å². The van der Waals surface area contributed by atoms with E-state index < -0.39 is 74.2 Å². The summed E-state index contributed by atoms with van der Waals surface area (Å²) in [5.74, 6) is -0.725. The molecule has 0 aromatic carbocycles. The molecule has 11 heteroatoms. The van der Waals surface area contributed by atoms with Crippen LogP contribution in [0.2, 0.25) is 0 Å². The first-order chi connectivity index (χ1) is 27.7. The van der Waals surface area contributed by atoms with Gasteiger partial charge in [-0.15, -0.1) is 0 Å². The molecule has 0 aliphatic carbocycles. The highest BCUT2D eigenvalue weighted by Crippen LogP contribution is 2.23. The summed E-state index contributed by atoms with van der Waals surface area (Å²) in [5, 5.41) is 75.5. The van der Waals surface area contributed by atoms with Gasteiger partial charge in [0.25, 0.3) is 0 Å². The van der Waals surface area contributed by atoms with Crippen molar-refractivity contribution in [1.82, 2.24) is 5.32 Å². The summed E-state index contributed by atoms with van der Waals surface area (Å²) < 4.78 is 11.0. The number of ether oxygens (including phenoxy) is 2. The van der Waals surface area contributed by atoms with E-state index in [1.165, 1.54) is 57.8 Å². The van der Waals surface area contributed by atoms with Crippen molar-refractivity contribution in [3.05, 3.63) is 48.6 Å². The zero-order valence-corrected chi connectivity index (χ0v) is 35.6. The van der Waals surface area contributed by atoms with Crippen molar-refractivity contribution in [3.8, 4) is 0 Å². The van der Waals surface area contributed by atoms with Gasteiger partial charge in [-0.05, 0) is 83.5 Å². The first-order valence-electron chi connectivity index (χ1n) is 22.5. The molecule has 1 aliphatic heterocycles. The molecule has 332 valence electrons. The molecular weight excluding hydrogens is 727 g/mol. The number of hydrogen-bond acceptors (Lipinski definition) is 10. The van der Waals surface area contributed by atoms with Crippen LogP contribution in [0.15, 0.2) is 48.6 Å². The molecule has 1 saturated heterocycles. The van der Waals surface area contributed by atoms with E-state index in [2.05, 4.69) is 67.8 Å². The summed E-state index contributed by atoms with van der Waals surface area (Å²) in [6.45, 7) is 3.34. The zero-order chi connectivity index (χ0) is 41.9. The number of unbranched alkanes of at least 4 members (excludes halogenated alkanes) is 16. The fourth-order valence-corrected chi connectivity index (χ4v) is 6.75. The lowest BCUT2D eigenvalue weighted by molar-refractivity contribution is -0.303. The van der Waals surface area contributed by atoms with Crippen LogP contribution < -0.4 is 5.32 Å². The molecule has 9 unspecified atom stereocenters. The smallest absolute Gasteiger partial charge is 0.249 e. The van der Waals surface area contributed by atoms with E-state index in [0.717, 1.165) is 64.2 Å². The first-order valence-corrected chi connectivity index (χ1v) is 22.5. The Bertz CT molecular complexity index is 1070. The highest BCUT2D eigenvalue weighted by molar-refractivity contribution is 5.80. The maximum absolute atomic E-state index is 13.1. The molecule has 57 heavy (non-hydrogen) atoms. The van der Waals surface area contributed by atoms with Crippen LogP contribution in [0.5, 0.6) is 0 Å². The van der Waals surface area contributed by atoms with Crippen LogP contribution in [0.25, 0.3) is 0 Å². The molecule has 0 aromatic heterocycles. The standard InChI is InChI=1S/C46H83NO10/c1-3-5-7-9-11-13-15-17-19-21-23-25-27-29-31-33-38(49)41(51)37(36-56-46-44(54)43(53)42(52)40(35-48)57-46)47-45(55)39(50)34-32-30-28-26-24-22-20-18-16-14-12-10-8-6-4-2/h9,11,17,19-20,22,25,27,37-44,46,48-54H,3-8,10,12-16,18,21,23-24,26,28-36H2,1-2H3,(H,47,55)/b11-9+,19-17+,22-20-,27-25+. The predicted octanol–water partition coefficient (Wildman–Crippen LogP) is 7.00. The summed E-state index contributed by atoms with van der Waals surface area (Å²) in [6.07, 6.45) is 30.1. The largest absolute Gasteiger partial charge is 0.394 e. The fraction of sp³-hybridized carbons (Fsp3) is 0.804. The van der Waals surface area contributed by atoms with E-state index in [1.807, 2.05) is 0 Å². The Morgan fingerprint density at radius 1 is 0.596 bits per heavy atom. The maximum atomic E-state index is 13.1. The Morgan fingerprint density at radius 3 is 1.61 bits per heavy atom. The molecule has 8 N–H and O–H groups in total. The Kier molecular flexibility index (Phi) is 33.5. The Morgan fingerprint density at radius 2 is 1.07 bits per heavy atom. The van der Waals surface area contributed by atoms with Gasteiger partial charge in [-0.1, -0.05) is 133 Å². The van der Waals surface area contributed by atoms with Crippen LogP contribution in [0.4, 0.5) is 0 Å². The topological polar surface area (TPSA) is 189 Å². The number of amides is 1. The third-order valence-corrected chi connectivity index (χ3v) is 10.6. The minimum Gasteiger partial charge on any atom is -0.394 e. The maximum Gasteiger partial charge on any atom is 0.249 e. The van der Waals surface area contributed by atoms with Crippen LogP contribution in [0.1, 0.15) is 168 Å². The number of rotatable bonds is 36. The molecule has 1 amide bonds. The summed E-state index contributed by atoms with van der Waals surface area (Å²) in [7, 11) is 0. The van der Waals surface area contributed by atoms with Gasteiger partial charge in [-0.25, -0.2) is 0 Å². The summed E-state index contributed by atoms with van der Waals surface area (Å²) in [6, 6.07) is -1.20. The van der Waals surface area contributed by atoms with Gasteiger partial charge < -0.3 is 50.5 Å². The SMILES string of the molecule is CCCC/C=C/CC/C=C/CC/C=C/CCCC(O)C(O)C(COC1OC(CO)C(O)C(O)C1O)NC(=O)C(O)CCCCCC/C=C\CCCCCCCCC. The van der Waals surface area contributed by atoms with Crippen LogP contribution >= 0.6 is 0 Å². The van der Waals surface area contributed by atoms with E-state index in [0.29, 0.717) is 19.3 Å². The Hall–Kier alpha value is -1.93. The predicted molar refractivity (Wildman–Crippen MR) is 228 cm³/mol. The highest BCUT2D eigenvalue weighted by Gasteiger charge is 2.44. The second kappa shape index (κ2) is 36.0. The van der Waals surface area contributed by atoms with E-state index in [9.17, 15) is 40.5 Å². The molecule has 0 radical (unpaired) electrons. The average molecular weight is 810 g/mol. The molecule has 0 spiro atoms. The number of aliphatic hydroxyl groups excluding tert-OH is 7. The number of hydrogen-bond donors (Lipinski definition) is 8. The summed E-state index contributed by atoms with van der Waals surface area (Å²) in [5.41, 5.74) is 0. The van der Waals surface area contributed by atoms with Crippen molar-refractivity contribution in [3.63, 3.8) is 0 Å². The van der Waals surface area contributed by atoms with Crippen LogP contribution in [0, 0.1) is 0 Å². The normalized spacial score (nSPS) is 22.6. The molecule has 1 heterocycles. The van der Waals surface area contributed by atoms with E-state index >= 15 is 0 Å². The molecule has 1 fully saturated rings. The number of carbonyl (C=O) groups excluding carboxylic acids is 1. The molecular formula is C46H83NO10. The van der Waals surface area contributed by atoms with Crippen molar-refractivity contribution < 1.29 is 50.0 Å². The second-order valence-corrected chi connectivity index (χ2v) is 15.7. The summed E-state index contributed by atoms with van der Waals surface area (Å²) >= 11 is 0. The van der Waals surface area contributed by atoms with Crippen molar-refractivity contribution in [1.29, 1.82) is 0 Å². The van der Waals surface area contributed by atoms with Gasteiger partial charge in [0, 0.05) is 0 Å². The van der Waals surface area contributed by atoms with E-state index in [-0.39, 0.29) is 12.8 Å². The van der Waals surface area contributed by atoms with Gasteiger partial charge in [0.2, 0.25) is 5.91 Å². The lowest BCUT2D eigenvalue weighted by Gasteiger charge is -2.40. The minimum absolute atomic E-state index is 0.234. The van der Waals surface area contributed by atoms with E-state index in [1.54, 1.807) is 0 Å². The average Bonchev–Trinajstić information content (AvgIpc) is 3.21. The van der Waals surface area contributed by atoms with Gasteiger partial charge in [0.15, 0.2) is 6.29 Å². The lowest BCUT2D eigenvalue weighted by Crippen LogP contribution is -2.60. The molecule has 1 aliphatic rings. The van der Waals surface area contributed by atoms with Crippen LogP contribution in [-0.4, -0.2) is 110 Å². The van der Waals surface area contributed by atoms with Crippen molar-refractivity contribution in [2.24, 2.45) is 0 Å². The monoisotopic (exact) mass is 810 g/mol. The van der Waals surface area contributed by atoms with Gasteiger partial charge in [0.1, 0.15) is 36.6 Å². The summed E-state index contributed by atoms with van der Waals surface area (Å²) in [4.78, 5) is 13.1. The fourth-order valence-electron chi connectivity index (χ4n) is 6.75. The second-order valence-electron chi connectivity index (χ2n) is 15.7. The van der Waals surface area contributed by atoms with Gasteiger partial charge >= 0.3 is 0 Å². The number of carbonyl (C=O) groups is 1. The first kappa shape index (κ1) is 53.1. The van der Waals surface area contributed by atoms with Gasteiger partial charge in [0.05, 0.1) is 25.4 Å². The quantitative estimate of drug-likeness (QED) is 0.0242. The van der Waals surface area contributed by atoms with Crippen molar-refractivity contribution >= 4 is 5.91 Å². The third kappa shape index (κ3) is 26.0. The number of allylic oxidation sites excluding steroid dienone is 8. The molecule has 11 nitrogen and oxygen atoms in total. The third-order valence-electron chi connectivity index (χ3n) is 10.6. The lowest BCUT2D eigenvalue weighted by atomic mass is 9.98. The van der Waals surface area contributed by atoms with Crippen LogP contribution in [-0.2, 0) is 14.3 Å². The Labute approximate surface area is 345 Å². The minimum atomic E-state index is -1.67. The van der Waals surface area contributed by atoms with Crippen molar-refractivity contribution in [2.45, 2.75) is 223 Å². The number of aliphatic hydroxyl groups is 7. The molecule has 0 aromatic rings. The number of nitrogens with one attached hydrogen (secondary N) is 1.